The molecule has 0 aliphatic carbocycles. The highest BCUT2D eigenvalue weighted by atomic mass is 16.5. The zero-order valence-electron chi connectivity index (χ0n) is 18.2. The van der Waals surface area contributed by atoms with Crippen molar-refractivity contribution in [2.75, 3.05) is 19.8 Å². The Labute approximate surface area is 182 Å². The van der Waals surface area contributed by atoms with E-state index in [-0.39, 0.29) is 24.5 Å². The maximum absolute atomic E-state index is 13.3. The summed E-state index contributed by atoms with van der Waals surface area (Å²) in [6.07, 6.45) is 2.26. The van der Waals surface area contributed by atoms with E-state index in [9.17, 15) is 19.5 Å². The minimum absolute atomic E-state index is 0.158. The quantitative estimate of drug-likeness (QED) is 0.571. The largest absolute Gasteiger partial charge is 0.480 e. The Morgan fingerprint density at radius 3 is 2.65 bits per heavy atom. The van der Waals surface area contributed by atoms with E-state index in [0.717, 1.165) is 12.0 Å². The molecule has 3 unspecified atom stereocenters. The number of aliphatic carboxylic acids is 1. The number of hydrogen-bond acceptors (Lipinski definition) is 6. The van der Waals surface area contributed by atoms with Gasteiger partial charge in [-0.2, -0.15) is 0 Å². The van der Waals surface area contributed by atoms with Gasteiger partial charge in [0.15, 0.2) is 0 Å². The normalized spacial score (nSPS) is 24.8. The molecule has 1 aromatic carbocycles. The number of rotatable bonds is 9. The lowest BCUT2D eigenvalue weighted by Crippen LogP contribution is -2.61. The summed E-state index contributed by atoms with van der Waals surface area (Å²) >= 11 is 0. The molecule has 1 amide bonds. The van der Waals surface area contributed by atoms with Gasteiger partial charge in [-0.25, -0.2) is 4.79 Å². The van der Waals surface area contributed by atoms with Crippen LogP contribution in [0.1, 0.15) is 38.7 Å². The van der Waals surface area contributed by atoms with Crippen LogP contribution in [0.25, 0.3) is 0 Å². The molecular formula is C23H32N2O6. The van der Waals surface area contributed by atoms with Crippen molar-refractivity contribution in [3.8, 4) is 0 Å². The molecule has 0 aromatic heterocycles. The highest BCUT2D eigenvalue weighted by Gasteiger charge is 2.46. The van der Waals surface area contributed by atoms with Gasteiger partial charge >= 0.3 is 11.9 Å². The van der Waals surface area contributed by atoms with Crippen LogP contribution in [0.5, 0.6) is 0 Å². The van der Waals surface area contributed by atoms with Crippen molar-refractivity contribution in [2.24, 2.45) is 5.92 Å². The van der Waals surface area contributed by atoms with Crippen molar-refractivity contribution in [1.29, 1.82) is 0 Å². The number of carboxylic acid groups (broad SMARTS) is 1. The number of carbonyl (C=O) groups is 3. The van der Waals surface area contributed by atoms with Gasteiger partial charge in [0.1, 0.15) is 12.1 Å². The first-order valence-electron chi connectivity index (χ1n) is 11.0. The van der Waals surface area contributed by atoms with E-state index in [4.69, 9.17) is 9.47 Å². The second kappa shape index (κ2) is 10.7. The summed E-state index contributed by atoms with van der Waals surface area (Å²) in [6.45, 7) is 4.56. The number of nitrogens with zero attached hydrogens (tertiary/aromatic N) is 1. The number of benzene rings is 1. The van der Waals surface area contributed by atoms with E-state index in [2.05, 4.69) is 5.32 Å². The van der Waals surface area contributed by atoms with E-state index in [1.807, 2.05) is 30.3 Å². The van der Waals surface area contributed by atoms with Crippen LogP contribution in [0.2, 0.25) is 0 Å². The zero-order chi connectivity index (χ0) is 22.4. The molecular weight excluding hydrogens is 400 g/mol. The van der Waals surface area contributed by atoms with Gasteiger partial charge in [-0.15, -0.1) is 0 Å². The second-order valence-electron chi connectivity index (χ2n) is 8.26. The standard InChI is InChI=1S/C23H32N2O6/c1-3-31-23(29)18(11-9-16-7-5-4-6-8-16)24-15(2)21(26)25-19(22(27)28)12-10-17-13-30-14-20(17)25/h4-8,15,17-20,24H,3,9-14H2,1-2H3,(H,27,28)/t15?,17?,18-,19-,20?/m0/s1. The van der Waals surface area contributed by atoms with Gasteiger partial charge in [-0.3, -0.25) is 14.9 Å². The van der Waals surface area contributed by atoms with Gasteiger partial charge in [-0.05, 0) is 45.1 Å². The monoisotopic (exact) mass is 432 g/mol. The van der Waals surface area contributed by atoms with Crippen molar-refractivity contribution in [3.63, 3.8) is 0 Å². The van der Waals surface area contributed by atoms with Gasteiger partial charge in [0.25, 0.3) is 0 Å². The summed E-state index contributed by atoms with van der Waals surface area (Å²) in [5.41, 5.74) is 1.09. The molecule has 3 rings (SSSR count). The fourth-order valence-electron chi connectivity index (χ4n) is 4.54. The van der Waals surface area contributed by atoms with Crippen LogP contribution >= 0.6 is 0 Å². The summed E-state index contributed by atoms with van der Waals surface area (Å²) in [6, 6.07) is 7.29. The number of aryl methyl sites for hydroxylation is 1. The predicted molar refractivity (Wildman–Crippen MR) is 113 cm³/mol. The lowest BCUT2D eigenvalue weighted by atomic mass is 9.87. The third kappa shape index (κ3) is 5.62. The van der Waals surface area contributed by atoms with E-state index < -0.39 is 30.1 Å². The van der Waals surface area contributed by atoms with E-state index in [1.54, 1.807) is 13.8 Å². The molecule has 2 aliphatic rings. The smallest absolute Gasteiger partial charge is 0.326 e. The molecule has 2 aliphatic heterocycles. The Balaban J connectivity index is 1.71. The molecule has 8 nitrogen and oxygen atoms in total. The number of carbonyl (C=O) groups excluding carboxylic acids is 2. The predicted octanol–water partition coefficient (Wildman–Crippen LogP) is 1.62. The van der Waals surface area contributed by atoms with E-state index in [1.165, 1.54) is 4.90 Å². The van der Waals surface area contributed by atoms with E-state index >= 15 is 0 Å². The topological polar surface area (TPSA) is 105 Å². The van der Waals surface area contributed by atoms with Gasteiger partial charge in [-0.1, -0.05) is 30.3 Å². The Hall–Kier alpha value is -2.45. The van der Waals surface area contributed by atoms with Crippen LogP contribution < -0.4 is 5.32 Å². The fourth-order valence-corrected chi connectivity index (χ4v) is 4.54. The number of piperidine rings is 1. The number of likely N-dealkylation sites (tertiary alicyclic amines) is 1. The van der Waals surface area contributed by atoms with Crippen molar-refractivity contribution < 1.29 is 29.0 Å². The Kier molecular flexibility index (Phi) is 8.03. The van der Waals surface area contributed by atoms with Crippen LogP contribution in [0.3, 0.4) is 0 Å². The number of nitrogens with one attached hydrogen (secondary N) is 1. The first-order valence-corrected chi connectivity index (χ1v) is 11.0. The third-order valence-electron chi connectivity index (χ3n) is 6.17. The first kappa shape index (κ1) is 23.2. The van der Waals surface area contributed by atoms with Crippen molar-refractivity contribution in [2.45, 2.75) is 63.7 Å². The summed E-state index contributed by atoms with van der Waals surface area (Å²) < 4.78 is 10.7. The number of carboxylic acids is 1. The van der Waals surface area contributed by atoms with Gasteiger partial charge in [0.2, 0.25) is 5.91 Å². The Bertz CT molecular complexity index is 771. The minimum atomic E-state index is -1.00. The Morgan fingerprint density at radius 2 is 1.97 bits per heavy atom. The molecule has 5 atom stereocenters. The van der Waals surface area contributed by atoms with Crippen LogP contribution in [0, 0.1) is 5.92 Å². The average Bonchev–Trinajstić information content (AvgIpc) is 3.25. The summed E-state index contributed by atoms with van der Waals surface area (Å²) in [5.74, 6) is -1.57. The number of ether oxygens (including phenoxy) is 2. The first-order chi connectivity index (χ1) is 14.9. The SMILES string of the molecule is CCOC(=O)[C@H](CCc1ccccc1)NC(C)C(=O)N1C2COCC2CC[C@H]1C(=O)O. The number of fused-ring (bicyclic) bond motifs is 1. The van der Waals surface area contributed by atoms with Crippen LogP contribution in [-0.2, 0) is 30.3 Å². The molecule has 0 bridgehead atoms. The minimum Gasteiger partial charge on any atom is -0.480 e. The maximum Gasteiger partial charge on any atom is 0.326 e. The lowest BCUT2D eigenvalue weighted by Gasteiger charge is -2.42. The van der Waals surface area contributed by atoms with Crippen LogP contribution in [-0.4, -0.2) is 71.8 Å². The van der Waals surface area contributed by atoms with E-state index in [0.29, 0.717) is 32.5 Å². The number of amides is 1. The van der Waals surface area contributed by atoms with Crippen molar-refractivity contribution >= 4 is 17.8 Å². The fraction of sp³-hybridized carbons (Fsp3) is 0.609. The van der Waals surface area contributed by atoms with Crippen LogP contribution in [0.4, 0.5) is 0 Å². The molecule has 0 radical (unpaired) electrons. The molecule has 2 saturated heterocycles. The lowest BCUT2D eigenvalue weighted by molar-refractivity contribution is -0.157. The summed E-state index contributed by atoms with van der Waals surface area (Å²) in [5, 5.41) is 12.8. The molecule has 170 valence electrons. The summed E-state index contributed by atoms with van der Waals surface area (Å²) in [7, 11) is 0. The number of hydrogen-bond donors (Lipinski definition) is 2. The van der Waals surface area contributed by atoms with Crippen molar-refractivity contribution in [3.05, 3.63) is 35.9 Å². The molecule has 8 heteroatoms. The molecule has 0 spiro atoms. The molecule has 31 heavy (non-hydrogen) atoms. The highest BCUT2D eigenvalue weighted by molar-refractivity contribution is 5.88. The zero-order valence-corrected chi connectivity index (χ0v) is 18.2. The summed E-state index contributed by atoms with van der Waals surface area (Å²) in [4.78, 5) is 39.2. The van der Waals surface area contributed by atoms with Gasteiger partial charge < -0.3 is 19.5 Å². The molecule has 1 aromatic rings. The Morgan fingerprint density at radius 1 is 1.23 bits per heavy atom. The molecule has 2 N–H and O–H groups in total. The highest BCUT2D eigenvalue weighted by Crippen LogP contribution is 2.33. The van der Waals surface area contributed by atoms with Crippen LogP contribution in [0.15, 0.2) is 30.3 Å². The average molecular weight is 433 g/mol. The molecule has 0 saturated carbocycles. The van der Waals surface area contributed by atoms with Crippen molar-refractivity contribution in [1.82, 2.24) is 10.2 Å². The van der Waals surface area contributed by atoms with Gasteiger partial charge in [0.05, 0.1) is 31.9 Å². The molecule has 2 fully saturated rings. The van der Waals surface area contributed by atoms with Gasteiger partial charge in [0, 0.05) is 5.92 Å². The molecule has 2 heterocycles. The number of esters is 1. The third-order valence-corrected chi connectivity index (χ3v) is 6.17. The maximum atomic E-state index is 13.3. The second-order valence-corrected chi connectivity index (χ2v) is 8.26.